The van der Waals surface area contributed by atoms with Gasteiger partial charge in [0, 0.05) is 23.4 Å². The van der Waals surface area contributed by atoms with Gasteiger partial charge >= 0.3 is 5.24 Å². The number of rotatable bonds is 9. The Hall–Kier alpha value is -3.00. The molecule has 2 aromatic rings. The van der Waals surface area contributed by atoms with Crippen LogP contribution in [0.4, 0.5) is 10.5 Å². The summed E-state index contributed by atoms with van der Waals surface area (Å²) in [6.45, 7) is 2.41. The van der Waals surface area contributed by atoms with Crippen molar-refractivity contribution in [2.45, 2.75) is 32.7 Å². The summed E-state index contributed by atoms with van der Waals surface area (Å²) in [7, 11) is 3.18. The lowest BCUT2D eigenvalue weighted by atomic mass is 10.1. The van der Waals surface area contributed by atoms with Crippen LogP contribution >= 0.6 is 11.8 Å². The Morgan fingerprint density at radius 2 is 1.87 bits per heavy atom. The van der Waals surface area contributed by atoms with Gasteiger partial charge in [0.2, 0.25) is 5.91 Å². The van der Waals surface area contributed by atoms with Gasteiger partial charge in [-0.05, 0) is 42.3 Å². The minimum absolute atomic E-state index is 0.0152. The molecule has 31 heavy (non-hydrogen) atoms. The van der Waals surface area contributed by atoms with Gasteiger partial charge in [-0.15, -0.1) is 0 Å². The number of nitrogens with zero attached hydrogens (tertiary/aromatic N) is 2. The van der Waals surface area contributed by atoms with Gasteiger partial charge in [0.25, 0.3) is 0 Å². The molecule has 0 radical (unpaired) electrons. The number of methoxy groups -OCH3 is 2. The van der Waals surface area contributed by atoms with Crippen molar-refractivity contribution in [3.05, 3.63) is 53.6 Å². The van der Waals surface area contributed by atoms with Gasteiger partial charge in [-0.1, -0.05) is 37.2 Å². The number of amides is 2. The van der Waals surface area contributed by atoms with Gasteiger partial charge < -0.3 is 14.8 Å². The maximum absolute atomic E-state index is 12.4. The number of hydrogen-bond acceptors (Lipinski definition) is 6. The Balaban J connectivity index is 1.70. The minimum Gasteiger partial charge on any atom is -0.493 e. The van der Waals surface area contributed by atoms with Crippen molar-refractivity contribution in [1.29, 1.82) is 0 Å². The van der Waals surface area contributed by atoms with Crippen LogP contribution in [0.5, 0.6) is 11.5 Å². The van der Waals surface area contributed by atoms with E-state index in [2.05, 4.69) is 17.3 Å². The van der Waals surface area contributed by atoms with E-state index in [0.717, 1.165) is 35.4 Å². The molecule has 0 aromatic heterocycles. The predicted octanol–water partition coefficient (Wildman–Crippen LogP) is 4.91. The number of hydrazone groups is 1. The number of hydrogen-bond donors (Lipinski definition) is 1. The third-order valence-corrected chi connectivity index (χ3v) is 5.70. The molecule has 8 heteroatoms. The molecule has 0 unspecified atom stereocenters. The van der Waals surface area contributed by atoms with E-state index in [9.17, 15) is 9.59 Å². The molecule has 164 valence electrons. The fraction of sp³-hybridized carbons (Fsp3) is 0.348. The molecule has 0 spiro atoms. The van der Waals surface area contributed by atoms with Crippen molar-refractivity contribution in [1.82, 2.24) is 5.01 Å². The molecule has 2 aromatic carbocycles. The smallest absolute Gasteiger partial charge is 0.302 e. The summed E-state index contributed by atoms with van der Waals surface area (Å²) in [6.07, 6.45) is 2.38. The molecule has 1 aliphatic rings. The number of anilines is 1. The average Bonchev–Trinajstić information content (AvgIpc) is 2.80. The van der Waals surface area contributed by atoms with Crippen molar-refractivity contribution in [3.8, 4) is 11.5 Å². The Morgan fingerprint density at radius 1 is 1.13 bits per heavy atom. The number of benzene rings is 2. The van der Waals surface area contributed by atoms with Crippen molar-refractivity contribution in [3.63, 3.8) is 0 Å². The van der Waals surface area contributed by atoms with Gasteiger partial charge in [0.1, 0.15) is 0 Å². The summed E-state index contributed by atoms with van der Waals surface area (Å²) in [5, 5.41) is 8.84. The van der Waals surface area contributed by atoms with Crippen LogP contribution in [0.3, 0.4) is 0 Å². The lowest BCUT2D eigenvalue weighted by Crippen LogP contribution is -2.29. The van der Waals surface area contributed by atoms with Crippen molar-refractivity contribution in [2.24, 2.45) is 5.10 Å². The highest BCUT2D eigenvalue weighted by Gasteiger charge is 2.23. The Labute approximate surface area is 186 Å². The molecule has 7 nitrogen and oxygen atoms in total. The summed E-state index contributed by atoms with van der Waals surface area (Å²) in [4.78, 5) is 24.3. The molecule has 1 heterocycles. The third kappa shape index (κ3) is 6.01. The van der Waals surface area contributed by atoms with Crippen molar-refractivity contribution >= 4 is 34.3 Å². The fourth-order valence-electron chi connectivity index (χ4n) is 3.10. The maximum Gasteiger partial charge on any atom is 0.302 e. The topological polar surface area (TPSA) is 80.2 Å². The lowest BCUT2D eigenvalue weighted by Gasteiger charge is -2.23. The van der Waals surface area contributed by atoms with E-state index in [-0.39, 0.29) is 11.1 Å². The van der Waals surface area contributed by atoms with Crippen LogP contribution in [-0.4, -0.2) is 41.8 Å². The molecular formula is C23H27N3O4S. The van der Waals surface area contributed by atoms with Crippen LogP contribution in [0.1, 0.15) is 37.3 Å². The highest BCUT2D eigenvalue weighted by molar-refractivity contribution is 8.14. The molecule has 0 fully saturated rings. The highest BCUT2D eigenvalue weighted by atomic mass is 32.2. The van der Waals surface area contributed by atoms with Gasteiger partial charge in [-0.25, -0.2) is 5.01 Å². The number of nitrogens with one attached hydrogen (secondary N) is 1. The normalized spacial score (nSPS) is 13.6. The van der Waals surface area contributed by atoms with Crippen LogP contribution in [0, 0.1) is 0 Å². The van der Waals surface area contributed by atoms with E-state index in [1.807, 2.05) is 42.5 Å². The fourth-order valence-corrected chi connectivity index (χ4v) is 3.84. The summed E-state index contributed by atoms with van der Waals surface area (Å²) >= 11 is 1.22. The first-order valence-electron chi connectivity index (χ1n) is 10.2. The minimum atomic E-state index is -0.0961. The Bertz CT molecular complexity index is 960. The van der Waals surface area contributed by atoms with Crippen LogP contribution < -0.4 is 14.8 Å². The SMILES string of the molecule is CCCCC(=O)Nc1ccc(CN2N=C(c3ccc(OC)c(OC)c3)CSC2=O)cc1. The molecule has 3 rings (SSSR count). The second kappa shape index (κ2) is 10.9. The second-order valence-corrected chi connectivity index (χ2v) is 8.00. The van der Waals surface area contributed by atoms with Gasteiger partial charge in [-0.2, -0.15) is 5.10 Å². The number of ether oxygens (including phenoxy) is 2. The van der Waals surface area contributed by atoms with Gasteiger partial charge in [0.05, 0.1) is 26.5 Å². The summed E-state index contributed by atoms with van der Waals surface area (Å²) in [5.41, 5.74) is 3.36. The largest absolute Gasteiger partial charge is 0.493 e. The monoisotopic (exact) mass is 441 g/mol. The van der Waals surface area contributed by atoms with Crippen LogP contribution in [-0.2, 0) is 11.3 Å². The Morgan fingerprint density at radius 3 is 2.55 bits per heavy atom. The third-order valence-electron chi connectivity index (χ3n) is 4.83. The first-order chi connectivity index (χ1) is 15.0. The molecule has 1 N–H and O–H groups in total. The van der Waals surface area contributed by atoms with E-state index < -0.39 is 0 Å². The molecule has 0 bridgehead atoms. The average molecular weight is 442 g/mol. The molecule has 0 aliphatic carbocycles. The molecule has 0 saturated heterocycles. The highest BCUT2D eigenvalue weighted by Crippen LogP contribution is 2.30. The lowest BCUT2D eigenvalue weighted by molar-refractivity contribution is -0.116. The molecular weight excluding hydrogens is 414 g/mol. The molecule has 0 saturated carbocycles. The van der Waals surface area contributed by atoms with E-state index in [1.165, 1.54) is 16.8 Å². The maximum atomic E-state index is 12.4. The van der Waals surface area contributed by atoms with Crippen LogP contribution in [0.2, 0.25) is 0 Å². The molecule has 1 aliphatic heterocycles. The predicted molar refractivity (Wildman–Crippen MR) is 124 cm³/mol. The van der Waals surface area contributed by atoms with Gasteiger partial charge in [0.15, 0.2) is 11.5 Å². The number of unbranched alkanes of at least 4 members (excludes halogenated alkanes) is 1. The van der Waals surface area contributed by atoms with Crippen molar-refractivity contribution < 1.29 is 19.1 Å². The van der Waals surface area contributed by atoms with E-state index in [4.69, 9.17) is 9.47 Å². The first kappa shape index (κ1) is 22.7. The van der Waals surface area contributed by atoms with E-state index >= 15 is 0 Å². The second-order valence-electron chi connectivity index (χ2n) is 7.08. The van der Waals surface area contributed by atoms with Crippen molar-refractivity contribution in [2.75, 3.05) is 25.3 Å². The number of carbonyl (C=O) groups is 2. The zero-order valence-corrected chi connectivity index (χ0v) is 18.8. The quantitative estimate of drug-likeness (QED) is 0.598. The number of carbonyl (C=O) groups excluding carboxylic acids is 2. The summed E-state index contributed by atoms with van der Waals surface area (Å²) < 4.78 is 10.7. The van der Waals surface area contributed by atoms with Crippen LogP contribution in [0.25, 0.3) is 0 Å². The summed E-state index contributed by atoms with van der Waals surface area (Å²) in [6, 6.07) is 13.1. The van der Waals surface area contributed by atoms with E-state index in [1.54, 1.807) is 14.2 Å². The van der Waals surface area contributed by atoms with Crippen LogP contribution in [0.15, 0.2) is 47.6 Å². The molecule has 2 amide bonds. The van der Waals surface area contributed by atoms with Gasteiger partial charge in [-0.3, -0.25) is 9.59 Å². The first-order valence-corrected chi connectivity index (χ1v) is 11.2. The Kier molecular flexibility index (Phi) is 7.94. The zero-order valence-electron chi connectivity index (χ0n) is 18.0. The zero-order chi connectivity index (χ0) is 22.2. The van der Waals surface area contributed by atoms with E-state index in [0.29, 0.717) is 30.2 Å². The molecule has 0 atom stereocenters. The summed E-state index contributed by atoms with van der Waals surface area (Å²) in [5.74, 6) is 1.77. The number of thioether (sulfide) groups is 1. The standard InChI is InChI=1S/C23H27N3O4S/c1-4-5-6-22(27)24-18-10-7-16(8-11-18)14-26-23(28)31-15-19(25-26)17-9-12-20(29-2)21(13-17)30-3/h7-13H,4-6,14-15H2,1-3H3,(H,24,27).